The second kappa shape index (κ2) is 8.69. The van der Waals surface area contributed by atoms with E-state index in [9.17, 15) is 4.39 Å². The minimum atomic E-state index is -0.111. The maximum atomic E-state index is 14.4. The first-order chi connectivity index (χ1) is 16.0. The molecule has 0 amide bonds. The van der Waals surface area contributed by atoms with Gasteiger partial charge in [-0.1, -0.05) is 19.1 Å². The molecule has 5 rings (SSSR count). The van der Waals surface area contributed by atoms with Gasteiger partial charge in [-0.2, -0.15) is 5.10 Å². The van der Waals surface area contributed by atoms with Crippen molar-refractivity contribution in [1.29, 1.82) is 5.41 Å². The van der Waals surface area contributed by atoms with Crippen molar-refractivity contribution in [2.75, 3.05) is 11.9 Å². The molecule has 1 atom stereocenters. The second-order valence-corrected chi connectivity index (χ2v) is 8.68. The van der Waals surface area contributed by atoms with Crippen LogP contribution in [0.4, 0.5) is 10.2 Å². The molecule has 7 nitrogen and oxygen atoms in total. The van der Waals surface area contributed by atoms with Crippen molar-refractivity contribution < 1.29 is 4.39 Å². The molecule has 1 fully saturated rings. The van der Waals surface area contributed by atoms with Crippen molar-refractivity contribution in [2.45, 2.75) is 32.1 Å². The Morgan fingerprint density at radius 2 is 2.00 bits per heavy atom. The molecule has 0 saturated heterocycles. The summed E-state index contributed by atoms with van der Waals surface area (Å²) < 4.78 is 16.4. The second-order valence-electron chi connectivity index (χ2n) is 8.68. The molecular weight excluding hydrogens is 417 g/mol. The van der Waals surface area contributed by atoms with Crippen molar-refractivity contribution >= 4 is 11.5 Å². The molecule has 3 aromatic rings. The van der Waals surface area contributed by atoms with Crippen molar-refractivity contribution in [3.05, 3.63) is 77.6 Å². The summed E-state index contributed by atoms with van der Waals surface area (Å²) in [6.07, 6.45) is 13.9. The molecule has 2 N–H and O–H groups in total. The van der Waals surface area contributed by atoms with Gasteiger partial charge in [0.25, 0.3) is 0 Å². The number of anilines is 1. The first-order valence-electron chi connectivity index (χ1n) is 11.2. The quantitative estimate of drug-likeness (QED) is 0.512. The number of nitrogens with one attached hydrogen (secondary N) is 2. The summed E-state index contributed by atoms with van der Waals surface area (Å²) >= 11 is 0. The fourth-order valence-corrected chi connectivity index (χ4v) is 4.21. The Morgan fingerprint density at radius 1 is 1.21 bits per heavy atom. The molecule has 3 aromatic heterocycles. The van der Waals surface area contributed by atoms with Gasteiger partial charge >= 0.3 is 0 Å². The molecular formula is C25H26FN7. The van der Waals surface area contributed by atoms with Crippen LogP contribution in [-0.2, 0) is 7.05 Å². The summed E-state index contributed by atoms with van der Waals surface area (Å²) in [5, 5.41) is 16.3. The zero-order valence-electron chi connectivity index (χ0n) is 18.7. The van der Waals surface area contributed by atoms with Gasteiger partial charge in [-0.25, -0.2) is 19.3 Å². The first-order valence-corrected chi connectivity index (χ1v) is 11.2. The number of hydrogen-bond donors (Lipinski definition) is 2. The predicted octanol–water partition coefficient (Wildman–Crippen LogP) is 4.80. The topological polar surface area (TPSA) is 92.4 Å². The molecule has 0 bridgehead atoms. The smallest absolute Gasteiger partial charge is 0.178 e. The number of rotatable bonds is 7. The number of nitrogens with zero attached hydrogens (tertiary/aromatic N) is 5. The fraction of sp³-hybridized carbons (Fsp3) is 0.320. The largest absolute Gasteiger partial charge is 0.365 e. The van der Waals surface area contributed by atoms with E-state index >= 15 is 0 Å². The van der Waals surface area contributed by atoms with Crippen LogP contribution in [0.5, 0.6) is 0 Å². The molecule has 168 valence electrons. The van der Waals surface area contributed by atoms with E-state index in [1.54, 1.807) is 30.7 Å². The highest BCUT2D eigenvalue weighted by Gasteiger charge is 2.30. The van der Waals surface area contributed by atoms with Crippen LogP contribution in [0.25, 0.3) is 11.1 Å². The molecule has 2 aliphatic carbocycles. The lowest BCUT2D eigenvalue weighted by Gasteiger charge is -2.17. The van der Waals surface area contributed by atoms with E-state index in [0.29, 0.717) is 41.7 Å². The fourth-order valence-electron chi connectivity index (χ4n) is 4.21. The lowest BCUT2D eigenvalue weighted by Crippen LogP contribution is -2.15. The zero-order valence-corrected chi connectivity index (χ0v) is 18.7. The van der Waals surface area contributed by atoms with Gasteiger partial charge < -0.3 is 5.32 Å². The Balaban J connectivity index is 1.36. The highest BCUT2D eigenvalue weighted by molar-refractivity contribution is 6.11. The predicted molar refractivity (Wildman–Crippen MR) is 126 cm³/mol. The van der Waals surface area contributed by atoms with Crippen LogP contribution in [0.15, 0.2) is 60.5 Å². The minimum Gasteiger partial charge on any atom is -0.365 e. The van der Waals surface area contributed by atoms with Crippen molar-refractivity contribution in [2.24, 2.45) is 13.0 Å². The lowest BCUT2D eigenvalue weighted by atomic mass is 9.96. The van der Waals surface area contributed by atoms with Gasteiger partial charge in [0, 0.05) is 72.0 Å². The molecule has 0 aromatic carbocycles. The van der Waals surface area contributed by atoms with E-state index in [-0.39, 0.29) is 17.5 Å². The van der Waals surface area contributed by atoms with Crippen LogP contribution in [-0.4, -0.2) is 37.0 Å². The average molecular weight is 444 g/mol. The third-order valence-electron chi connectivity index (χ3n) is 6.21. The Bertz CT molecular complexity index is 1250. The van der Waals surface area contributed by atoms with Crippen LogP contribution < -0.4 is 5.32 Å². The standard InChI is InChI=1S/C25H26FN7/c1-15-5-3-6-17(21(15)26)11-29-24-19(7-4-10-28-24)22(27)25-30-12-18(13-31-25)20-14-32-33(2)23(20)16-8-9-16/h3-4,6-7,10,12-16,27H,5,8-9,11H2,1-2H3,(H,28,29). The van der Waals surface area contributed by atoms with Crippen molar-refractivity contribution in [3.63, 3.8) is 0 Å². The molecule has 1 unspecified atom stereocenters. The first kappa shape index (κ1) is 21.2. The van der Waals surface area contributed by atoms with Gasteiger partial charge in [0.15, 0.2) is 5.82 Å². The van der Waals surface area contributed by atoms with Gasteiger partial charge in [0.2, 0.25) is 0 Å². The maximum Gasteiger partial charge on any atom is 0.178 e. The van der Waals surface area contributed by atoms with Crippen LogP contribution >= 0.6 is 0 Å². The summed E-state index contributed by atoms with van der Waals surface area (Å²) in [6, 6.07) is 3.56. The van der Waals surface area contributed by atoms with Crippen molar-refractivity contribution in [3.8, 4) is 11.1 Å². The van der Waals surface area contributed by atoms with Crippen LogP contribution in [0.2, 0.25) is 0 Å². The average Bonchev–Trinajstić information content (AvgIpc) is 3.60. The molecule has 0 radical (unpaired) electrons. The van der Waals surface area contributed by atoms with Crippen LogP contribution in [0.1, 0.15) is 49.2 Å². The number of aromatic nitrogens is 5. The van der Waals surface area contributed by atoms with E-state index in [4.69, 9.17) is 5.41 Å². The minimum absolute atomic E-state index is 0.0996. The summed E-state index contributed by atoms with van der Waals surface area (Å²) in [5.41, 5.74) is 4.50. The molecule has 1 saturated carbocycles. The summed E-state index contributed by atoms with van der Waals surface area (Å²) in [4.78, 5) is 13.3. The highest BCUT2D eigenvalue weighted by atomic mass is 19.1. The van der Waals surface area contributed by atoms with Gasteiger partial charge in [0.1, 0.15) is 17.4 Å². The number of hydrogen-bond acceptors (Lipinski definition) is 6. The molecule has 2 aliphatic rings. The van der Waals surface area contributed by atoms with Gasteiger partial charge in [-0.15, -0.1) is 0 Å². The zero-order chi connectivity index (χ0) is 22.9. The number of aryl methyl sites for hydroxylation is 1. The highest BCUT2D eigenvalue weighted by Crippen LogP contribution is 2.43. The summed E-state index contributed by atoms with van der Waals surface area (Å²) in [6.45, 7) is 2.18. The lowest BCUT2D eigenvalue weighted by molar-refractivity contribution is 0.482. The van der Waals surface area contributed by atoms with E-state index in [0.717, 1.165) is 11.1 Å². The molecule has 0 spiro atoms. The van der Waals surface area contributed by atoms with Gasteiger partial charge in [-0.05, 0) is 31.4 Å². The SMILES string of the molecule is CC1CC=CC(CNc2ncccc2C(=N)c2ncc(-c3cnn(C)c3C3CC3)cn2)=C1F. The number of halogens is 1. The molecule has 0 aliphatic heterocycles. The van der Waals surface area contributed by atoms with Crippen molar-refractivity contribution in [1.82, 2.24) is 24.7 Å². The number of allylic oxidation sites excluding steroid dienone is 2. The van der Waals surface area contributed by atoms with Gasteiger partial charge in [0.05, 0.1) is 6.20 Å². The van der Waals surface area contributed by atoms with E-state index in [2.05, 4.69) is 25.4 Å². The summed E-state index contributed by atoms with van der Waals surface area (Å²) in [5.74, 6) is 1.16. The number of pyridine rings is 1. The monoisotopic (exact) mass is 443 g/mol. The maximum absolute atomic E-state index is 14.4. The summed E-state index contributed by atoms with van der Waals surface area (Å²) in [7, 11) is 1.96. The van der Waals surface area contributed by atoms with Crippen LogP contribution in [0, 0.1) is 11.3 Å². The van der Waals surface area contributed by atoms with E-state index in [1.807, 2.05) is 37.0 Å². The Morgan fingerprint density at radius 3 is 2.76 bits per heavy atom. The van der Waals surface area contributed by atoms with E-state index < -0.39 is 0 Å². The third kappa shape index (κ3) is 4.20. The van der Waals surface area contributed by atoms with Gasteiger partial charge in [-0.3, -0.25) is 10.1 Å². The molecule has 8 heteroatoms. The normalized spacial score (nSPS) is 18.0. The molecule has 3 heterocycles. The molecule has 33 heavy (non-hydrogen) atoms. The Labute approximate surface area is 192 Å². The third-order valence-corrected chi connectivity index (χ3v) is 6.21. The Hall–Kier alpha value is -3.68. The van der Waals surface area contributed by atoms with Crippen LogP contribution in [0.3, 0.4) is 0 Å². The van der Waals surface area contributed by atoms with E-state index in [1.165, 1.54) is 18.5 Å². The Kier molecular flexibility index (Phi) is 5.58.